The van der Waals surface area contributed by atoms with Gasteiger partial charge in [-0.05, 0) is 48.5 Å². The second-order valence-electron chi connectivity index (χ2n) is 8.19. The largest absolute Gasteiger partial charge is 0.497 e. The van der Waals surface area contributed by atoms with E-state index in [0.717, 1.165) is 27.8 Å². The van der Waals surface area contributed by atoms with Crippen LogP contribution in [0.2, 0.25) is 0 Å². The molecule has 2 aromatic heterocycles. The normalized spacial score (nSPS) is 10.6. The van der Waals surface area contributed by atoms with Crippen molar-refractivity contribution in [2.75, 3.05) is 19.5 Å². The molecular weight excluding hydrogens is 466 g/mol. The van der Waals surface area contributed by atoms with Crippen LogP contribution in [0.5, 0.6) is 11.5 Å². The summed E-state index contributed by atoms with van der Waals surface area (Å²) in [7, 11) is 3.22. The molecule has 5 aromatic rings. The van der Waals surface area contributed by atoms with Gasteiger partial charge in [0.2, 0.25) is 0 Å². The summed E-state index contributed by atoms with van der Waals surface area (Å²) in [5, 5.41) is 7.12. The first-order chi connectivity index (χ1) is 18.2. The lowest BCUT2D eigenvalue weighted by atomic mass is 10.1. The number of anilines is 2. The van der Waals surface area contributed by atoms with E-state index in [4.69, 9.17) is 19.4 Å². The molecule has 0 spiro atoms. The van der Waals surface area contributed by atoms with Gasteiger partial charge in [-0.2, -0.15) is 0 Å². The van der Waals surface area contributed by atoms with Gasteiger partial charge >= 0.3 is 0 Å². The summed E-state index contributed by atoms with van der Waals surface area (Å²) in [4.78, 5) is 26.9. The standard InChI is InChI=1S/C29H25N5O3/c1-36-21-13-14-25-23(16-21)28(34-27(32-25)20-9-7-15-30-17-20)33-24-11-5-4-10-22(24)29(35)31-18-19-8-3-6-12-26(19)37-2/h3-17H,18H2,1-2H3,(H,31,35)(H,32,33,34). The van der Waals surface area contributed by atoms with Crippen LogP contribution in [0.4, 0.5) is 11.5 Å². The summed E-state index contributed by atoms with van der Waals surface area (Å²) < 4.78 is 10.8. The Morgan fingerprint density at radius 1 is 0.892 bits per heavy atom. The fourth-order valence-corrected chi connectivity index (χ4v) is 3.99. The minimum atomic E-state index is -0.225. The Bertz CT molecular complexity index is 1560. The summed E-state index contributed by atoms with van der Waals surface area (Å²) in [6, 6.07) is 24.2. The minimum Gasteiger partial charge on any atom is -0.497 e. The van der Waals surface area contributed by atoms with Crippen molar-refractivity contribution >= 4 is 28.3 Å². The molecule has 0 atom stereocenters. The average Bonchev–Trinajstić information content (AvgIpc) is 2.96. The molecule has 8 heteroatoms. The lowest BCUT2D eigenvalue weighted by Crippen LogP contribution is -2.24. The number of nitrogens with zero attached hydrogens (tertiary/aromatic N) is 3. The third-order valence-electron chi connectivity index (χ3n) is 5.88. The molecule has 2 heterocycles. The number of aromatic nitrogens is 3. The minimum absolute atomic E-state index is 0.225. The van der Waals surface area contributed by atoms with E-state index < -0.39 is 0 Å². The number of carbonyl (C=O) groups excluding carboxylic acids is 1. The molecule has 3 aromatic carbocycles. The Kier molecular flexibility index (Phi) is 6.89. The van der Waals surface area contributed by atoms with Gasteiger partial charge in [0.1, 0.15) is 17.3 Å². The monoisotopic (exact) mass is 491 g/mol. The first-order valence-corrected chi connectivity index (χ1v) is 11.7. The number of methoxy groups -OCH3 is 2. The summed E-state index contributed by atoms with van der Waals surface area (Å²) in [6.45, 7) is 0.329. The molecule has 0 fully saturated rings. The van der Waals surface area contributed by atoms with Crippen molar-refractivity contribution in [2.45, 2.75) is 6.54 Å². The smallest absolute Gasteiger partial charge is 0.253 e. The first-order valence-electron chi connectivity index (χ1n) is 11.7. The van der Waals surface area contributed by atoms with Gasteiger partial charge < -0.3 is 20.1 Å². The molecule has 0 saturated carbocycles. The highest BCUT2D eigenvalue weighted by Crippen LogP contribution is 2.31. The number of fused-ring (bicyclic) bond motifs is 1. The third-order valence-corrected chi connectivity index (χ3v) is 5.88. The fourth-order valence-electron chi connectivity index (χ4n) is 3.99. The highest BCUT2D eigenvalue weighted by Gasteiger charge is 2.16. The zero-order chi connectivity index (χ0) is 25.6. The molecule has 0 saturated heterocycles. The van der Waals surface area contributed by atoms with Crippen molar-refractivity contribution in [1.29, 1.82) is 0 Å². The second kappa shape index (κ2) is 10.7. The second-order valence-corrected chi connectivity index (χ2v) is 8.19. The highest BCUT2D eigenvalue weighted by atomic mass is 16.5. The average molecular weight is 492 g/mol. The molecule has 0 aliphatic carbocycles. The van der Waals surface area contributed by atoms with E-state index >= 15 is 0 Å². The van der Waals surface area contributed by atoms with Gasteiger partial charge in [-0.1, -0.05) is 30.3 Å². The van der Waals surface area contributed by atoms with Crippen LogP contribution >= 0.6 is 0 Å². The number of nitrogens with one attached hydrogen (secondary N) is 2. The van der Waals surface area contributed by atoms with Crippen molar-refractivity contribution in [3.8, 4) is 22.9 Å². The van der Waals surface area contributed by atoms with Crippen LogP contribution in [0, 0.1) is 0 Å². The van der Waals surface area contributed by atoms with Crippen LogP contribution in [0.15, 0.2) is 91.3 Å². The van der Waals surface area contributed by atoms with Crippen LogP contribution in [0.3, 0.4) is 0 Å². The van der Waals surface area contributed by atoms with E-state index in [-0.39, 0.29) is 5.91 Å². The van der Waals surface area contributed by atoms with Crippen LogP contribution < -0.4 is 20.1 Å². The third kappa shape index (κ3) is 5.18. The highest BCUT2D eigenvalue weighted by molar-refractivity contribution is 6.02. The molecule has 0 radical (unpaired) electrons. The predicted octanol–water partition coefficient (Wildman–Crippen LogP) is 5.38. The maximum Gasteiger partial charge on any atom is 0.253 e. The van der Waals surface area contributed by atoms with Gasteiger partial charge in [0.15, 0.2) is 5.82 Å². The SMILES string of the molecule is COc1ccc2nc(-c3cccnc3)nc(Nc3ccccc3C(=O)NCc3ccccc3OC)c2c1. The number of pyridine rings is 1. The van der Waals surface area contributed by atoms with Crippen molar-refractivity contribution in [2.24, 2.45) is 0 Å². The van der Waals surface area contributed by atoms with Gasteiger partial charge in [0, 0.05) is 35.5 Å². The zero-order valence-corrected chi connectivity index (χ0v) is 20.4. The van der Waals surface area contributed by atoms with Gasteiger partial charge in [-0.15, -0.1) is 0 Å². The maximum absolute atomic E-state index is 13.2. The number of amides is 1. The number of ether oxygens (including phenoxy) is 2. The van der Waals surface area contributed by atoms with Crippen molar-refractivity contribution in [1.82, 2.24) is 20.3 Å². The van der Waals surface area contributed by atoms with Gasteiger partial charge in [-0.25, -0.2) is 9.97 Å². The predicted molar refractivity (Wildman–Crippen MR) is 143 cm³/mol. The molecule has 0 bridgehead atoms. The molecular formula is C29H25N5O3. The van der Waals surface area contributed by atoms with E-state index in [1.54, 1.807) is 32.7 Å². The van der Waals surface area contributed by atoms with E-state index in [2.05, 4.69) is 15.6 Å². The van der Waals surface area contributed by atoms with Crippen molar-refractivity contribution in [3.05, 3.63) is 102 Å². The number of rotatable bonds is 8. The van der Waals surface area contributed by atoms with E-state index in [1.165, 1.54) is 0 Å². The molecule has 0 aliphatic heterocycles. The Morgan fingerprint density at radius 3 is 2.54 bits per heavy atom. The topological polar surface area (TPSA) is 98.3 Å². The Balaban J connectivity index is 1.50. The van der Waals surface area contributed by atoms with Crippen LogP contribution in [-0.4, -0.2) is 35.1 Å². The number of para-hydroxylation sites is 2. The fraction of sp³-hybridized carbons (Fsp3) is 0.103. The van der Waals surface area contributed by atoms with Crippen LogP contribution in [0.1, 0.15) is 15.9 Å². The van der Waals surface area contributed by atoms with Crippen LogP contribution in [0.25, 0.3) is 22.3 Å². The zero-order valence-electron chi connectivity index (χ0n) is 20.4. The van der Waals surface area contributed by atoms with E-state index in [9.17, 15) is 4.79 Å². The molecule has 0 aliphatic rings. The molecule has 2 N–H and O–H groups in total. The summed E-state index contributed by atoms with van der Waals surface area (Å²) >= 11 is 0. The Morgan fingerprint density at radius 2 is 1.73 bits per heavy atom. The number of carbonyl (C=O) groups is 1. The van der Waals surface area contributed by atoms with E-state index in [1.807, 2.05) is 72.8 Å². The van der Waals surface area contributed by atoms with E-state index in [0.29, 0.717) is 35.2 Å². The number of benzene rings is 3. The molecule has 37 heavy (non-hydrogen) atoms. The molecule has 1 amide bonds. The summed E-state index contributed by atoms with van der Waals surface area (Å²) in [5.41, 5.74) is 3.50. The molecule has 184 valence electrons. The number of hydrogen-bond acceptors (Lipinski definition) is 7. The Hall–Kier alpha value is -4.98. The number of hydrogen-bond donors (Lipinski definition) is 2. The first kappa shape index (κ1) is 23.7. The van der Waals surface area contributed by atoms with Crippen LogP contribution in [-0.2, 0) is 6.54 Å². The molecule has 0 unspecified atom stereocenters. The summed E-state index contributed by atoms with van der Waals surface area (Å²) in [6.07, 6.45) is 3.42. The maximum atomic E-state index is 13.2. The molecule has 8 nitrogen and oxygen atoms in total. The Labute approximate surface area is 214 Å². The lowest BCUT2D eigenvalue weighted by molar-refractivity contribution is 0.0951. The van der Waals surface area contributed by atoms with Gasteiger partial charge in [-0.3, -0.25) is 9.78 Å². The van der Waals surface area contributed by atoms with Crippen molar-refractivity contribution < 1.29 is 14.3 Å². The lowest BCUT2D eigenvalue weighted by Gasteiger charge is -2.15. The van der Waals surface area contributed by atoms with Crippen molar-refractivity contribution in [3.63, 3.8) is 0 Å². The quantitative estimate of drug-likeness (QED) is 0.301. The van der Waals surface area contributed by atoms with Gasteiger partial charge in [0.25, 0.3) is 5.91 Å². The van der Waals surface area contributed by atoms with Gasteiger partial charge in [0.05, 0.1) is 31.0 Å². The summed E-state index contributed by atoms with van der Waals surface area (Å²) in [5.74, 6) is 2.24. The molecule has 5 rings (SSSR count).